The van der Waals surface area contributed by atoms with Gasteiger partial charge in [-0.05, 0) is 74.1 Å². The summed E-state index contributed by atoms with van der Waals surface area (Å²) in [5, 5.41) is 12.1. The summed E-state index contributed by atoms with van der Waals surface area (Å²) in [4.78, 5) is 27.9. The molecule has 29 heavy (non-hydrogen) atoms. The van der Waals surface area contributed by atoms with Gasteiger partial charge in [0, 0.05) is 6.54 Å². The minimum absolute atomic E-state index is 0.00664. The topological polar surface area (TPSA) is 85.3 Å². The predicted octanol–water partition coefficient (Wildman–Crippen LogP) is 3.40. The van der Waals surface area contributed by atoms with Gasteiger partial charge in [-0.25, -0.2) is 4.79 Å². The van der Waals surface area contributed by atoms with Crippen LogP contribution in [0.1, 0.15) is 68.2 Å². The van der Waals surface area contributed by atoms with E-state index >= 15 is 0 Å². The van der Waals surface area contributed by atoms with Crippen molar-refractivity contribution in [2.75, 3.05) is 6.54 Å². The Hall–Kier alpha value is -1.76. The molecule has 164 valence electrons. The number of carbonyl (C=O) groups excluding carboxylic acids is 2. The molecule has 0 aromatic rings. The number of aliphatic hydroxyl groups is 1. The Balaban J connectivity index is 2.08. The summed E-state index contributed by atoms with van der Waals surface area (Å²) in [6, 6.07) is -0.590. The molecule has 1 heterocycles. The second-order valence-electron chi connectivity index (χ2n) is 10.3. The summed E-state index contributed by atoms with van der Waals surface area (Å²) in [7, 11) is 0. The molecule has 0 radical (unpaired) electrons. The average molecular weight is 410 g/mol. The number of allylic oxidation sites excluding steroid dienone is 1. The largest absolute Gasteiger partial charge is 0.488 e. The summed E-state index contributed by atoms with van der Waals surface area (Å²) in [6.45, 7) is 15.0. The van der Waals surface area contributed by atoms with Crippen LogP contribution in [0.15, 0.2) is 11.5 Å². The number of ketones is 1. The average Bonchev–Trinajstić information content (AvgIpc) is 3.10. The van der Waals surface area contributed by atoms with E-state index < -0.39 is 28.8 Å². The molecule has 1 amide bonds. The Labute approximate surface area is 173 Å². The van der Waals surface area contributed by atoms with Crippen LogP contribution in [0.4, 0.5) is 4.79 Å². The molecule has 0 aromatic heterocycles. The number of carbonyl (C=O) groups is 2. The molecule has 3 aliphatic rings. The van der Waals surface area contributed by atoms with Crippen LogP contribution in [0.3, 0.4) is 0 Å². The van der Waals surface area contributed by atoms with E-state index in [0.717, 1.165) is 0 Å². The fourth-order valence-electron chi connectivity index (χ4n) is 5.07. The van der Waals surface area contributed by atoms with E-state index in [1.165, 1.54) is 0 Å². The van der Waals surface area contributed by atoms with Crippen LogP contribution in [0.2, 0.25) is 0 Å². The second-order valence-corrected chi connectivity index (χ2v) is 10.3. The van der Waals surface area contributed by atoms with Gasteiger partial charge in [0.05, 0.1) is 23.7 Å². The molecule has 1 aliphatic heterocycles. The maximum absolute atomic E-state index is 13.4. The SMILES string of the molecule is CC(C)OC1=C(OC(C)C)[C@]2(O)[C@H]3[C@H](CCN3C(=O)OC(C)(C)C)C[C@]2(C)C1=O. The van der Waals surface area contributed by atoms with Crippen molar-refractivity contribution >= 4 is 11.9 Å². The Morgan fingerprint density at radius 2 is 1.76 bits per heavy atom. The Morgan fingerprint density at radius 1 is 1.17 bits per heavy atom. The highest BCUT2D eigenvalue weighted by Gasteiger charge is 2.75. The first kappa shape index (κ1) is 21.9. The zero-order chi connectivity index (χ0) is 21.9. The second kappa shape index (κ2) is 6.89. The first-order valence-electron chi connectivity index (χ1n) is 10.6. The van der Waals surface area contributed by atoms with Gasteiger partial charge in [-0.3, -0.25) is 4.79 Å². The van der Waals surface area contributed by atoms with Gasteiger partial charge in [0.1, 0.15) is 5.60 Å². The molecule has 0 aromatic carbocycles. The maximum atomic E-state index is 13.4. The molecule has 1 saturated carbocycles. The van der Waals surface area contributed by atoms with Gasteiger partial charge in [0.15, 0.2) is 11.4 Å². The van der Waals surface area contributed by atoms with Crippen LogP contribution in [0.25, 0.3) is 0 Å². The van der Waals surface area contributed by atoms with E-state index in [2.05, 4.69) is 0 Å². The molecule has 7 nitrogen and oxygen atoms in total. The molecular formula is C22H35NO6. The van der Waals surface area contributed by atoms with Crippen molar-refractivity contribution in [1.82, 2.24) is 4.90 Å². The Kier molecular flexibility index (Phi) is 5.22. The summed E-state index contributed by atoms with van der Waals surface area (Å²) < 4.78 is 17.5. The van der Waals surface area contributed by atoms with Crippen LogP contribution < -0.4 is 0 Å². The molecule has 7 heteroatoms. The number of amides is 1. The van der Waals surface area contributed by atoms with Crippen molar-refractivity contribution in [3.05, 3.63) is 11.5 Å². The lowest BCUT2D eigenvalue weighted by atomic mass is 9.75. The highest BCUT2D eigenvalue weighted by atomic mass is 16.6. The van der Waals surface area contributed by atoms with Gasteiger partial charge in [0.2, 0.25) is 11.5 Å². The monoisotopic (exact) mass is 409 g/mol. The smallest absolute Gasteiger partial charge is 0.410 e. The fourth-order valence-corrected chi connectivity index (χ4v) is 5.07. The van der Waals surface area contributed by atoms with E-state index in [0.29, 0.717) is 19.4 Å². The van der Waals surface area contributed by atoms with Gasteiger partial charge in [-0.2, -0.15) is 0 Å². The highest BCUT2D eigenvalue weighted by molar-refractivity contribution is 6.04. The normalized spacial score (nSPS) is 34.2. The zero-order valence-electron chi connectivity index (χ0n) is 18.9. The zero-order valence-corrected chi connectivity index (χ0v) is 18.9. The third-order valence-corrected chi connectivity index (χ3v) is 6.06. The molecule has 2 aliphatic carbocycles. The predicted molar refractivity (Wildman–Crippen MR) is 107 cm³/mol. The molecular weight excluding hydrogens is 374 g/mol. The third-order valence-electron chi connectivity index (χ3n) is 6.06. The van der Waals surface area contributed by atoms with Crippen molar-refractivity contribution in [3.8, 4) is 0 Å². The van der Waals surface area contributed by atoms with Crippen LogP contribution in [0, 0.1) is 11.3 Å². The number of Topliss-reactive ketones (excluding diaryl/α,β-unsaturated/α-hetero) is 1. The van der Waals surface area contributed by atoms with Gasteiger partial charge in [-0.15, -0.1) is 0 Å². The fraction of sp³-hybridized carbons (Fsp3) is 0.818. The lowest BCUT2D eigenvalue weighted by Crippen LogP contribution is -2.58. The molecule has 3 rings (SSSR count). The number of hydrogen-bond acceptors (Lipinski definition) is 6. The standard InChI is InChI=1S/C22H35NO6/c1-12(2)27-15-17(24)21(8)11-14-9-10-23(19(25)29-20(5,6)7)16(14)22(21,26)18(15)28-13(3)4/h12-14,16,26H,9-11H2,1-8H3/t14-,16-,21-,22-/m1/s1. The first-order valence-corrected chi connectivity index (χ1v) is 10.6. The Bertz CT molecular complexity index is 736. The molecule has 1 saturated heterocycles. The van der Waals surface area contributed by atoms with Crippen LogP contribution in [-0.4, -0.2) is 57.9 Å². The van der Waals surface area contributed by atoms with Crippen molar-refractivity contribution in [1.29, 1.82) is 0 Å². The number of nitrogens with zero attached hydrogens (tertiary/aromatic N) is 1. The highest BCUT2D eigenvalue weighted by Crippen LogP contribution is 2.63. The summed E-state index contributed by atoms with van der Waals surface area (Å²) in [5.74, 6) is 0.000525. The molecule has 4 atom stereocenters. The van der Waals surface area contributed by atoms with Gasteiger partial charge >= 0.3 is 6.09 Å². The van der Waals surface area contributed by atoms with Gasteiger partial charge in [0.25, 0.3) is 0 Å². The maximum Gasteiger partial charge on any atom is 0.410 e. The van der Waals surface area contributed by atoms with Crippen LogP contribution in [0.5, 0.6) is 0 Å². The number of hydrogen-bond donors (Lipinski definition) is 1. The van der Waals surface area contributed by atoms with Gasteiger partial charge < -0.3 is 24.2 Å². The van der Waals surface area contributed by atoms with E-state index in [4.69, 9.17) is 14.2 Å². The number of fused-ring (bicyclic) bond motifs is 3. The number of rotatable bonds is 4. The van der Waals surface area contributed by atoms with Gasteiger partial charge in [-0.1, -0.05) is 0 Å². The van der Waals surface area contributed by atoms with Crippen molar-refractivity contribution in [2.24, 2.45) is 11.3 Å². The van der Waals surface area contributed by atoms with E-state index in [9.17, 15) is 14.7 Å². The van der Waals surface area contributed by atoms with E-state index in [1.807, 2.05) is 48.5 Å². The van der Waals surface area contributed by atoms with Crippen LogP contribution in [-0.2, 0) is 19.0 Å². The van der Waals surface area contributed by atoms with Crippen LogP contribution >= 0.6 is 0 Å². The molecule has 2 fully saturated rings. The summed E-state index contributed by atoms with van der Waals surface area (Å²) >= 11 is 0. The quantitative estimate of drug-likeness (QED) is 0.766. The first-order chi connectivity index (χ1) is 13.2. The third kappa shape index (κ3) is 3.31. The van der Waals surface area contributed by atoms with Crippen molar-refractivity contribution < 1.29 is 28.9 Å². The number of ether oxygens (including phenoxy) is 3. The molecule has 0 bridgehead atoms. The molecule has 0 unspecified atom stereocenters. The molecule has 1 N–H and O–H groups in total. The summed E-state index contributed by atoms with van der Waals surface area (Å²) in [6.07, 6.45) is 0.210. The lowest BCUT2D eigenvalue weighted by Gasteiger charge is -2.41. The Morgan fingerprint density at radius 3 is 2.28 bits per heavy atom. The minimum atomic E-state index is -1.64. The lowest BCUT2D eigenvalue weighted by molar-refractivity contribution is -0.139. The van der Waals surface area contributed by atoms with E-state index in [1.54, 1.807) is 11.8 Å². The number of likely N-dealkylation sites (tertiary alicyclic amines) is 1. The van der Waals surface area contributed by atoms with Crippen molar-refractivity contribution in [3.63, 3.8) is 0 Å². The summed E-state index contributed by atoms with van der Waals surface area (Å²) in [5.41, 5.74) is -3.39. The molecule has 0 spiro atoms. The van der Waals surface area contributed by atoms with E-state index in [-0.39, 0.29) is 35.4 Å². The van der Waals surface area contributed by atoms with Crippen molar-refractivity contribution in [2.45, 2.75) is 97.7 Å². The minimum Gasteiger partial charge on any atom is -0.488 e.